The predicted molar refractivity (Wildman–Crippen MR) is 131 cm³/mol. The van der Waals surface area contributed by atoms with Crippen LogP contribution < -0.4 is 0 Å². The molecule has 0 saturated carbocycles. The third kappa shape index (κ3) is 3.72. The van der Waals surface area contributed by atoms with E-state index in [9.17, 15) is 0 Å². The summed E-state index contributed by atoms with van der Waals surface area (Å²) < 4.78 is 30.5. The highest BCUT2D eigenvalue weighted by Gasteiger charge is 2.57. The quantitative estimate of drug-likeness (QED) is 0.461. The Hall–Kier alpha value is -2.00. The van der Waals surface area contributed by atoms with Gasteiger partial charge in [0.2, 0.25) is 0 Å². The van der Waals surface area contributed by atoms with E-state index >= 15 is 0 Å². The monoisotopic (exact) mass is 497 g/mol. The average molecular weight is 498 g/mol. The molecule has 0 aliphatic carbocycles. The molecule has 3 aliphatic rings. The highest BCUT2D eigenvalue weighted by atomic mass is 31.2. The normalized spacial score (nSPS) is 35.2. The molecule has 0 amide bonds. The maximum Gasteiger partial charge on any atom is 0.260 e. The molecule has 9 nitrogen and oxygen atoms in total. The number of nitrogens with zero attached hydrogens (tertiary/aromatic N) is 5. The first-order valence-corrected chi connectivity index (χ1v) is 13.5. The number of rotatable bonds is 6. The van der Waals surface area contributed by atoms with Gasteiger partial charge in [0.15, 0.2) is 11.9 Å². The minimum atomic E-state index is -1.27. The Kier molecular flexibility index (Phi) is 6.11. The molecule has 0 N–H and O–H groups in total. The van der Waals surface area contributed by atoms with E-state index in [4.69, 9.17) is 18.5 Å². The van der Waals surface area contributed by atoms with Crippen LogP contribution in [0.2, 0.25) is 0 Å². The van der Waals surface area contributed by atoms with E-state index < -0.39 is 20.4 Å². The van der Waals surface area contributed by atoms with E-state index in [2.05, 4.69) is 57.7 Å². The van der Waals surface area contributed by atoms with Crippen molar-refractivity contribution in [2.24, 2.45) is 0 Å². The van der Waals surface area contributed by atoms with E-state index in [0.717, 1.165) is 42.7 Å². The van der Waals surface area contributed by atoms with Gasteiger partial charge in [0.05, 0.1) is 24.2 Å². The molecule has 0 bridgehead atoms. The molecule has 186 valence electrons. The molecule has 0 spiro atoms. The maximum atomic E-state index is 6.83. The Morgan fingerprint density at radius 2 is 2.00 bits per heavy atom. The third-order valence-corrected chi connectivity index (χ3v) is 9.53. The molecule has 1 unspecified atom stereocenters. The fourth-order valence-corrected chi connectivity index (χ4v) is 7.93. The molecule has 3 aliphatic heterocycles. The molecule has 6 rings (SSSR count). The second-order valence-corrected chi connectivity index (χ2v) is 11.0. The smallest absolute Gasteiger partial charge is 0.260 e. The van der Waals surface area contributed by atoms with Crippen molar-refractivity contribution in [2.45, 2.75) is 76.2 Å². The second-order valence-electron chi connectivity index (χ2n) is 9.65. The molecule has 2 aromatic heterocycles. The van der Waals surface area contributed by atoms with Crippen molar-refractivity contribution in [3.05, 3.63) is 54.2 Å². The Labute approximate surface area is 206 Å². The summed E-state index contributed by atoms with van der Waals surface area (Å²) in [4.78, 5) is 13.3. The van der Waals surface area contributed by atoms with Gasteiger partial charge in [0.25, 0.3) is 8.53 Å². The number of aromatic nitrogens is 4. The van der Waals surface area contributed by atoms with E-state index in [-0.39, 0.29) is 18.3 Å². The summed E-state index contributed by atoms with van der Waals surface area (Å²) in [6, 6.07) is 10.8. The lowest BCUT2D eigenvalue weighted by atomic mass is 9.87. The van der Waals surface area contributed by atoms with Gasteiger partial charge in [-0.05, 0) is 38.7 Å². The van der Waals surface area contributed by atoms with Gasteiger partial charge in [0.1, 0.15) is 29.7 Å². The summed E-state index contributed by atoms with van der Waals surface area (Å²) in [5.41, 5.74) is 3.14. The van der Waals surface area contributed by atoms with Crippen LogP contribution >= 0.6 is 8.53 Å². The van der Waals surface area contributed by atoms with Crippen LogP contribution in [0.3, 0.4) is 0 Å². The molecule has 3 saturated heterocycles. The van der Waals surface area contributed by atoms with Crippen molar-refractivity contribution in [3.8, 4) is 0 Å². The molecule has 3 aromatic rings. The Bertz CT molecular complexity index is 1200. The van der Waals surface area contributed by atoms with Gasteiger partial charge in [0, 0.05) is 13.7 Å². The van der Waals surface area contributed by atoms with Gasteiger partial charge in [-0.1, -0.05) is 37.3 Å². The second kappa shape index (κ2) is 9.14. The van der Waals surface area contributed by atoms with Crippen LogP contribution in [0.15, 0.2) is 43.0 Å². The van der Waals surface area contributed by atoms with Gasteiger partial charge >= 0.3 is 0 Å². The Morgan fingerprint density at radius 3 is 2.77 bits per heavy atom. The summed E-state index contributed by atoms with van der Waals surface area (Å²) in [5, 5.41) is 0. The van der Waals surface area contributed by atoms with Gasteiger partial charge in [-0.2, -0.15) is 0 Å². The van der Waals surface area contributed by atoms with Gasteiger partial charge in [-0.15, -0.1) is 0 Å². The zero-order valence-electron chi connectivity index (χ0n) is 20.6. The Morgan fingerprint density at radius 1 is 1.17 bits per heavy atom. The highest BCUT2D eigenvalue weighted by molar-refractivity contribution is 7.45. The van der Waals surface area contributed by atoms with Crippen LogP contribution in [0.25, 0.3) is 11.2 Å². The summed E-state index contributed by atoms with van der Waals surface area (Å²) in [5.74, 6) is 0. The van der Waals surface area contributed by atoms with Crippen molar-refractivity contribution < 1.29 is 18.5 Å². The summed E-state index contributed by atoms with van der Waals surface area (Å²) in [6.45, 7) is 7.23. The summed E-state index contributed by atoms with van der Waals surface area (Å²) >= 11 is 0. The average Bonchev–Trinajstić information content (AvgIpc) is 3.64. The van der Waals surface area contributed by atoms with E-state index in [0.29, 0.717) is 6.04 Å². The molecule has 0 radical (unpaired) electrons. The first-order valence-electron chi connectivity index (χ1n) is 12.4. The van der Waals surface area contributed by atoms with Crippen molar-refractivity contribution >= 4 is 19.7 Å². The number of fused-ring (bicyclic) bond motifs is 2. The van der Waals surface area contributed by atoms with Crippen LogP contribution in [-0.4, -0.2) is 62.2 Å². The van der Waals surface area contributed by atoms with Crippen molar-refractivity contribution in [3.63, 3.8) is 0 Å². The molecular formula is C25H32N5O4P. The highest BCUT2D eigenvalue weighted by Crippen LogP contribution is 2.64. The lowest BCUT2D eigenvalue weighted by molar-refractivity contribution is -0.0494. The molecule has 5 heterocycles. The number of ether oxygens (including phenoxy) is 2. The molecule has 7 atom stereocenters. The lowest BCUT2D eigenvalue weighted by Gasteiger charge is -2.29. The SMILES string of the molecule is CC[C@H]1O[C@@H](n2cnc3c(C)ncnc32)[C@@H](OC)C1O[P@@]1O[C@](C)(c2ccccc2)[C@@H]2CCCN21. The number of imidazole rings is 1. The van der Waals surface area contributed by atoms with Gasteiger partial charge < -0.3 is 18.5 Å². The van der Waals surface area contributed by atoms with E-state index in [1.54, 1.807) is 19.8 Å². The fourth-order valence-electron chi connectivity index (χ4n) is 5.78. The maximum absolute atomic E-state index is 6.83. The molecule has 35 heavy (non-hydrogen) atoms. The minimum Gasteiger partial charge on any atom is -0.374 e. The molecular weight excluding hydrogens is 465 g/mol. The largest absolute Gasteiger partial charge is 0.374 e. The number of methoxy groups -OCH3 is 1. The van der Waals surface area contributed by atoms with Crippen LogP contribution in [0.1, 0.15) is 50.6 Å². The van der Waals surface area contributed by atoms with Crippen LogP contribution in [0.5, 0.6) is 0 Å². The topological polar surface area (TPSA) is 83.8 Å². The summed E-state index contributed by atoms with van der Waals surface area (Å²) in [6.07, 6.45) is 5.22. The van der Waals surface area contributed by atoms with E-state index in [1.165, 1.54) is 5.56 Å². The van der Waals surface area contributed by atoms with Crippen LogP contribution in [0.4, 0.5) is 0 Å². The fraction of sp³-hybridized carbons (Fsp3) is 0.560. The van der Waals surface area contributed by atoms with Crippen molar-refractivity contribution in [1.29, 1.82) is 0 Å². The van der Waals surface area contributed by atoms with E-state index in [1.807, 2.05) is 17.6 Å². The van der Waals surface area contributed by atoms with Crippen molar-refractivity contribution in [1.82, 2.24) is 24.2 Å². The van der Waals surface area contributed by atoms with Crippen molar-refractivity contribution in [2.75, 3.05) is 13.7 Å². The zero-order chi connectivity index (χ0) is 24.2. The molecule has 10 heteroatoms. The van der Waals surface area contributed by atoms with Gasteiger partial charge in [-0.3, -0.25) is 4.57 Å². The summed E-state index contributed by atoms with van der Waals surface area (Å²) in [7, 11) is 0.446. The third-order valence-electron chi connectivity index (χ3n) is 7.67. The lowest BCUT2D eigenvalue weighted by Crippen LogP contribution is -2.37. The van der Waals surface area contributed by atoms with Gasteiger partial charge in [-0.25, -0.2) is 19.6 Å². The molecule has 1 aromatic carbocycles. The minimum absolute atomic E-state index is 0.138. The molecule has 3 fully saturated rings. The first-order chi connectivity index (χ1) is 17.0. The Balaban J connectivity index is 1.30. The zero-order valence-corrected chi connectivity index (χ0v) is 21.5. The number of aryl methyl sites for hydroxylation is 1. The number of hydrogen-bond donors (Lipinski definition) is 0. The number of benzene rings is 1. The standard InChI is InChI=1S/C25H32N5O4P/c1-5-18-21(22(31-4)24(32-18)29-15-28-20-16(2)26-14-27-23(20)29)33-35-30-13-9-12-19(30)25(3,34-35)17-10-7-6-8-11-17/h6-8,10-11,14-15,18-19,21-22,24H,5,9,12-13H2,1-4H3/t18-,19+,21?,22+,24-,25-,35+/m1/s1. The predicted octanol–water partition coefficient (Wildman–Crippen LogP) is 4.48. The van der Waals surface area contributed by atoms with Crippen LogP contribution in [0, 0.1) is 6.92 Å². The number of hydrogen-bond acceptors (Lipinski definition) is 8. The van der Waals surface area contributed by atoms with Crippen LogP contribution in [-0.2, 0) is 24.1 Å². The first kappa shape index (κ1) is 23.4.